The second-order valence-corrected chi connectivity index (χ2v) is 5.61. The van der Waals surface area contributed by atoms with Gasteiger partial charge in [0.15, 0.2) is 0 Å². The minimum absolute atomic E-state index is 0.0727. The highest BCUT2D eigenvalue weighted by molar-refractivity contribution is 9.10. The number of phenolic OH excluding ortho intramolecular Hbond substituents is 1. The Morgan fingerprint density at radius 1 is 1.19 bits per heavy atom. The second kappa shape index (κ2) is 5.15. The lowest BCUT2D eigenvalue weighted by Crippen LogP contribution is -2.20. The molecule has 2 aromatic carbocycles. The molecule has 0 aliphatic carbocycles. The van der Waals surface area contributed by atoms with Crippen LogP contribution < -0.4 is 10.5 Å². The number of nitriles is 1. The van der Waals surface area contributed by atoms with Crippen molar-refractivity contribution in [3.8, 4) is 17.6 Å². The van der Waals surface area contributed by atoms with Crippen LogP contribution in [-0.4, -0.2) is 5.11 Å². The third-order valence-electron chi connectivity index (χ3n) is 3.41. The largest absolute Gasteiger partial charge is 0.508 e. The lowest BCUT2D eigenvalue weighted by atomic mass is 9.83. The van der Waals surface area contributed by atoms with E-state index in [2.05, 4.69) is 22.0 Å². The first-order valence-corrected chi connectivity index (χ1v) is 7.05. The van der Waals surface area contributed by atoms with Gasteiger partial charge in [-0.15, -0.1) is 0 Å². The summed E-state index contributed by atoms with van der Waals surface area (Å²) in [7, 11) is 0. The van der Waals surface area contributed by atoms with Crippen LogP contribution in [0.2, 0.25) is 0 Å². The van der Waals surface area contributed by atoms with E-state index >= 15 is 0 Å². The molecular formula is C16H11BrN2O2. The molecule has 3 N–H and O–H groups in total. The first-order chi connectivity index (χ1) is 10.1. The average molecular weight is 343 g/mol. The number of ether oxygens (including phenoxy) is 1. The van der Waals surface area contributed by atoms with Crippen LogP contribution in [0.4, 0.5) is 0 Å². The molecule has 0 saturated heterocycles. The van der Waals surface area contributed by atoms with E-state index in [1.807, 2.05) is 24.3 Å². The van der Waals surface area contributed by atoms with Gasteiger partial charge in [-0.05, 0) is 23.8 Å². The zero-order chi connectivity index (χ0) is 15.0. The van der Waals surface area contributed by atoms with Gasteiger partial charge in [0.25, 0.3) is 0 Å². The van der Waals surface area contributed by atoms with Gasteiger partial charge in [0.05, 0.1) is 5.92 Å². The first kappa shape index (κ1) is 13.5. The molecule has 0 radical (unpaired) electrons. The van der Waals surface area contributed by atoms with Crippen LogP contribution in [0.5, 0.6) is 11.5 Å². The van der Waals surface area contributed by atoms with Gasteiger partial charge in [0, 0.05) is 16.1 Å². The number of nitrogens with two attached hydrogens (primary N) is 1. The second-order valence-electron chi connectivity index (χ2n) is 4.70. The standard InChI is InChI=1S/C16H11BrN2O2/c17-10-3-1-9(2-4-10)15-12-6-5-11(20)7-14(12)21-16(19)13(15)8-18/h1-7,15,20H,19H2. The predicted molar refractivity (Wildman–Crippen MR) is 81.5 cm³/mol. The van der Waals surface area contributed by atoms with Crippen molar-refractivity contribution in [1.82, 2.24) is 0 Å². The molecule has 1 unspecified atom stereocenters. The lowest BCUT2D eigenvalue weighted by molar-refractivity contribution is 0.388. The Kier molecular flexibility index (Phi) is 3.32. The molecule has 21 heavy (non-hydrogen) atoms. The van der Waals surface area contributed by atoms with Crippen molar-refractivity contribution in [2.24, 2.45) is 5.73 Å². The van der Waals surface area contributed by atoms with Crippen molar-refractivity contribution in [1.29, 1.82) is 5.26 Å². The lowest BCUT2D eigenvalue weighted by Gasteiger charge is -2.26. The number of halogens is 1. The number of rotatable bonds is 1. The number of benzene rings is 2. The van der Waals surface area contributed by atoms with Gasteiger partial charge in [-0.1, -0.05) is 34.1 Å². The van der Waals surface area contributed by atoms with Gasteiger partial charge in [-0.25, -0.2) is 0 Å². The van der Waals surface area contributed by atoms with E-state index in [1.165, 1.54) is 6.07 Å². The summed E-state index contributed by atoms with van der Waals surface area (Å²) in [5, 5.41) is 19.0. The number of aromatic hydroxyl groups is 1. The van der Waals surface area contributed by atoms with Crippen molar-refractivity contribution in [2.75, 3.05) is 0 Å². The summed E-state index contributed by atoms with van der Waals surface area (Å²) in [5.74, 6) is 0.340. The maximum absolute atomic E-state index is 9.58. The van der Waals surface area contributed by atoms with Crippen molar-refractivity contribution in [3.63, 3.8) is 0 Å². The zero-order valence-corrected chi connectivity index (χ0v) is 12.5. The Morgan fingerprint density at radius 2 is 1.90 bits per heavy atom. The minimum Gasteiger partial charge on any atom is -0.508 e. The Labute approximate surface area is 130 Å². The highest BCUT2D eigenvalue weighted by Crippen LogP contribution is 2.43. The van der Waals surface area contributed by atoms with Crippen molar-refractivity contribution in [3.05, 3.63) is 69.5 Å². The number of phenols is 1. The van der Waals surface area contributed by atoms with Crippen molar-refractivity contribution < 1.29 is 9.84 Å². The molecule has 0 amide bonds. The van der Waals surface area contributed by atoms with Crippen LogP contribution in [0, 0.1) is 11.3 Å². The number of fused-ring (bicyclic) bond motifs is 1. The molecule has 0 fully saturated rings. The summed E-state index contributed by atoms with van der Waals surface area (Å²) in [6.45, 7) is 0. The van der Waals surface area contributed by atoms with Crippen LogP contribution in [0.1, 0.15) is 17.0 Å². The molecule has 2 aromatic rings. The molecule has 1 aliphatic rings. The summed E-state index contributed by atoms with van der Waals surface area (Å²) in [5.41, 5.74) is 7.97. The average Bonchev–Trinajstić information content (AvgIpc) is 2.46. The fourth-order valence-electron chi connectivity index (χ4n) is 2.44. The van der Waals surface area contributed by atoms with Gasteiger partial charge >= 0.3 is 0 Å². The predicted octanol–water partition coefficient (Wildman–Crippen LogP) is 3.37. The third-order valence-corrected chi connectivity index (χ3v) is 3.93. The van der Waals surface area contributed by atoms with Crippen molar-refractivity contribution in [2.45, 2.75) is 5.92 Å². The zero-order valence-electron chi connectivity index (χ0n) is 10.9. The molecule has 104 valence electrons. The quantitative estimate of drug-likeness (QED) is 0.832. The summed E-state index contributed by atoms with van der Waals surface area (Å²) in [6.07, 6.45) is 0. The van der Waals surface area contributed by atoms with Gasteiger partial charge < -0.3 is 15.6 Å². The maximum Gasteiger partial charge on any atom is 0.205 e. The molecule has 0 bridgehead atoms. The summed E-state index contributed by atoms with van der Waals surface area (Å²) in [4.78, 5) is 0. The van der Waals surface area contributed by atoms with E-state index in [0.717, 1.165) is 15.6 Å². The highest BCUT2D eigenvalue weighted by Gasteiger charge is 2.30. The van der Waals surface area contributed by atoms with Crippen molar-refractivity contribution >= 4 is 15.9 Å². The Bertz CT molecular complexity index is 776. The molecule has 4 nitrogen and oxygen atoms in total. The number of hydrogen-bond donors (Lipinski definition) is 2. The van der Waals surface area contributed by atoms with E-state index in [-0.39, 0.29) is 17.6 Å². The number of allylic oxidation sites excluding steroid dienone is 1. The maximum atomic E-state index is 9.58. The van der Waals surface area contributed by atoms with Crippen LogP contribution in [0.3, 0.4) is 0 Å². The molecule has 5 heteroatoms. The van der Waals surface area contributed by atoms with E-state index in [4.69, 9.17) is 10.5 Å². The Balaban J connectivity index is 2.21. The van der Waals surface area contributed by atoms with Crippen LogP contribution >= 0.6 is 15.9 Å². The summed E-state index contributed by atoms with van der Waals surface area (Å²) in [6, 6.07) is 14.6. The molecule has 1 heterocycles. The number of nitrogens with zero attached hydrogens (tertiary/aromatic N) is 1. The molecular weight excluding hydrogens is 332 g/mol. The summed E-state index contributed by atoms with van der Waals surface area (Å²) >= 11 is 3.40. The monoisotopic (exact) mass is 342 g/mol. The fraction of sp³-hybridized carbons (Fsp3) is 0.0625. The van der Waals surface area contributed by atoms with Gasteiger partial charge in [0.1, 0.15) is 23.1 Å². The highest BCUT2D eigenvalue weighted by atomic mass is 79.9. The molecule has 3 rings (SSSR count). The minimum atomic E-state index is -0.299. The van der Waals surface area contributed by atoms with E-state index in [0.29, 0.717) is 11.3 Å². The Hall–Kier alpha value is -2.45. The topological polar surface area (TPSA) is 79.3 Å². The third kappa shape index (κ3) is 2.34. The SMILES string of the molecule is N#CC1=C(N)Oc2cc(O)ccc2C1c1ccc(Br)cc1. The fourth-order valence-corrected chi connectivity index (χ4v) is 2.71. The smallest absolute Gasteiger partial charge is 0.205 e. The first-order valence-electron chi connectivity index (χ1n) is 6.26. The normalized spacial score (nSPS) is 16.9. The molecule has 0 saturated carbocycles. The van der Waals surface area contributed by atoms with Crippen LogP contribution in [-0.2, 0) is 0 Å². The molecule has 1 aliphatic heterocycles. The Morgan fingerprint density at radius 3 is 2.57 bits per heavy atom. The summed E-state index contributed by atoms with van der Waals surface area (Å²) < 4.78 is 6.42. The molecule has 1 atom stereocenters. The van der Waals surface area contributed by atoms with E-state index < -0.39 is 0 Å². The van der Waals surface area contributed by atoms with Gasteiger partial charge in [-0.2, -0.15) is 5.26 Å². The van der Waals surface area contributed by atoms with Gasteiger partial charge in [0.2, 0.25) is 5.88 Å². The van der Waals surface area contributed by atoms with Crippen LogP contribution in [0.15, 0.2) is 58.4 Å². The van der Waals surface area contributed by atoms with Crippen LogP contribution in [0.25, 0.3) is 0 Å². The van der Waals surface area contributed by atoms with E-state index in [9.17, 15) is 10.4 Å². The number of hydrogen-bond acceptors (Lipinski definition) is 4. The van der Waals surface area contributed by atoms with Gasteiger partial charge in [-0.3, -0.25) is 0 Å². The molecule has 0 spiro atoms. The molecule has 0 aromatic heterocycles. The van der Waals surface area contributed by atoms with E-state index in [1.54, 1.807) is 12.1 Å².